The van der Waals surface area contributed by atoms with Gasteiger partial charge in [0.1, 0.15) is 5.75 Å². The van der Waals surface area contributed by atoms with Crippen LogP contribution in [-0.2, 0) is 10.0 Å². The van der Waals surface area contributed by atoms with Crippen molar-refractivity contribution in [3.05, 3.63) is 53.6 Å². The van der Waals surface area contributed by atoms with Crippen LogP contribution >= 0.6 is 0 Å². The van der Waals surface area contributed by atoms with Crippen molar-refractivity contribution in [1.82, 2.24) is 4.72 Å². The van der Waals surface area contributed by atoms with Gasteiger partial charge in [0.2, 0.25) is 10.0 Å². The minimum atomic E-state index is -4.85. The van der Waals surface area contributed by atoms with Gasteiger partial charge in [-0.2, -0.15) is 0 Å². The lowest BCUT2D eigenvalue weighted by molar-refractivity contribution is -0.274. The molecule has 0 unspecified atom stereocenters. The van der Waals surface area contributed by atoms with Crippen LogP contribution in [0.3, 0.4) is 0 Å². The van der Waals surface area contributed by atoms with E-state index >= 15 is 0 Å². The summed E-state index contributed by atoms with van der Waals surface area (Å²) in [6.45, 7) is 1.63. The van der Waals surface area contributed by atoms with Crippen molar-refractivity contribution in [2.24, 2.45) is 0 Å². The van der Waals surface area contributed by atoms with Gasteiger partial charge in [-0.15, -0.1) is 13.2 Å². The zero-order valence-corrected chi connectivity index (χ0v) is 15.5. The lowest BCUT2D eigenvalue weighted by Gasteiger charge is -2.12. The fourth-order valence-electron chi connectivity index (χ4n) is 2.47. The molecule has 28 heavy (non-hydrogen) atoms. The summed E-state index contributed by atoms with van der Waals surface area (Å²) < 4.78 is 68.0. The van der Waals surface area contributed by atoms with E-state index in [0.29, 0.717) is 5.56 Å². The van der Waals surface area contributed by atoms with Gasteiger partial charge in [0.05, 0.1) is 4.90 Å². The molecule has 0 aliphatic heterocycles. The van der Waals surface area contributed by atoms with Crippen LogP contribution in [0.15, 0.2) is 47.4 Å². The summed E-state index contributed by atoms with van der Waals surface area (Å²) >= 11 is 0. The third-order valence-electron chi connectivity index (χ3n) is 3.99. The lowest BCUT2D eigenvalue weighted by atomic mass is 10.1. The van der Waals surface area contributed by atoms with E-state index < -0.39 is 28.0 Å². The Morgan fingerprint density at radius 1 is 1.14 bits per heavy atom. The van der Waals surface area contributed by atoms with Crippen molar-refractivity contribution in [1.29, 1.82) is 0 Å². The largest absolute Gasteiger partial charge is 0.573 e. The van der Waals surface area contributed by atoms with E-state index in [0.717, 1.165) is 25.0 Å². The second-order valence-electron chi connectivity index (χ2n) is 6.40. The van der Waals surface area contributed by atoms with Gasteiger partial charge in [0.15, 0.2) is 0 Å². The maximum absolute atomic E-state index is 12.6. The van der Waals surface area contributed by atoms with Crippen molar-refractivity contribution in [2.75, 3.05) is 5.32 Å². The Balaban J connectivity index is 1.81. The normalized spacial score (nSPS) is 14.6. The molecule has 1 fully saturated rings. The van der Waals surface area contributed by atoms with E-state index in [-0.39, 0.29) is 22.2 Å². The minimum Gasteiger partial charge on any atom is -0.406 e. The fraction of sp³-hybridized carbons (Fsp3) is 0.278. The number of anilines is 1. The number of hydrogen-bond acceptors (Lipinski definition) is 4. The monoisotopic (exact) mass is 414 g/mol. The molecule has 150 valence electrons. The molecule has 1 amide bonds. The van der Waals surface area contributed by atoms with Crippen LogP contribution in [-0.4, -0.2) is 26.7 Å². The Labute approximate surface area is 159 Å². The summed E-state index contributed by atoms with van der Waals surface area (Å²) in [4.78, 5) is 12.5. The average molecular weight is 414 g/mol. The van der Waals surface area contributed by atoms with Crippen LogP contribution < -0.4 is 14.8 Å². The first kappa shape index (κ1) is 20.2. The fourth-order valence-corrected chi connectivity index (χ4v) is 3.80. The summed E-state index contributed by atoms with van der Waals surface area (Å²) in [5, 5.41) is 2.46. The van der Waals surface area contributed by atoms with E-state index in [9.17, 15) is 26.4 Å². The highest BCUT2D eigenvalue weighted by Crippen LogP contribution is 2.26. The molecule has 2 aromatic carbocycles. The second kappa shape index (κ2) is 7.44. The molecule has 1 aliphatic rings. The highest BCUT2D eigenvalue weighted by molar-refractivity contribution is 7.89. The summed E-state index contributed by atoms with van der Waals surface area (Å²) in [5.41, 5.74) is 0.696. The van der Waals surface area contributed by atoms with E-state index in [1.807, 2.05) is 0 Å². The number of rotatable bonds is 6. The Kier molecular flexibility index (Phi) is 5.35. The Morgan fingerprint density at radius 2 is 1.86 bits per heavy atom. The number of carbonyl (C=O) groups excluding carboxylic acids is 1. The van der Waals surface area contributed by atoms with Gasteiger partial charge in [-0.05, 0) is 49.6 Å². The Hall–Kier alpha value is -2.59. The second-order valence-corrected chi connectivity index (χ2v) is 8.12. The molecule has 0 spiro atoms. The van der Waals surface area contributed by atoms with Gasteiger partial charge >= 0.3 is 6.36 Å². The number of hydrogen-bond donors (Lipinski definition) is 2. The summed E-state index contributed by atoms with van der Waals surface area (Å²) in [5.74, 6) is -1.13. The molecule has 1 saturated carbocycles. The number of alkyl halides is 3. The summed E-state index contributed by atoms with van der Waals surface area (Å²) in [6, 6.07) is 8.87. The zero-order chi connectivity index (χ0) is 20.5. The molecule has 2 aromatic rings. The highest BCUT2D eigenvalue weighted by atomic mass is 32.2. The predicted molar refractivity (Wildman–Crippen MR) is 95.6 cm³/mol. The molecule has 0 heterocycles. The van der Waals surface area contributed by atoms with E-state index in [1.165, 1.54) is 30.3 Å². The number of ether oxygens (including phenoxy) is 1. The van der Waals surface area contributed by atoms with E-state index in [2.05, 4.69) is 14.8 Å². The molecule has 0 aromatic heterocycles. The number of halogens is 3. The summed E-state index contributed by atoms with van der Waals surface area (Å²) in [6.07, 6.45) is -3.31. The van der Waals surface area contributed by atoms with Crippen molar-refractivity contribution in [3.63, 3.8) is 0 Å². The first-order chi connectivity index (χ1) is 13.0. The number of carbonyl (C=O) groups is 1. The molecule has 0 atom stereocenters. The van der Waals surface area contributed by atoms with Crippen LogP contribution in [0.2, 0.25) is 0 Å². The average Bonchev–Trinajstić information content (AvgIpc) is 3.37. The zero-order valence-electron chi connectivity index (χ0n) is 14.7. The molecular formula is C18H17F3N2O4S. The maximum Gasteiger partial charge on any atom is 0.573 e. The smallest absolute Gasteiger partial charge is 0.406 e. The number of sulfonamides is 1. The highest BCUT2D eigenvalue weighted by Gasteiger charge is 2.31. The standard InChI is InChI=1S/C18H17F3N2O4S/c1-11-5-8-15(28(25,26)23-12-6-7-12)10-16(11)17(24)22-13-3-2-4-14(9-13)27-18(19,20)21/h2-5,8-10,12,23H,6-7H2,1H3,(H,22,24). The van der Waals surface area contributed by atoms with Gasteiger partial charge in [-0.3, -0.25) is 4.79 Å². The van der Waals surface area contributed by atoms with Gasteiger partial charge < -0.3 is 10.1 Å². The van der Waals surface area contributed by atoms with Gasteiger partial charge in [0.25, 0.3) is 5.91 Å². The molecule has 0 radical (unpaired) electrons. The molecular weight excluding hydrogens is 397 g/mol. The van der Waals surface area contributed by atoms with Crippen molar-refractivity contribution in [3.8, 4) is 5.75 Å². The minimum absolute atomic E-state index is 0.0516. The van der Waals surface area contributed by atoms with Crippen LogP contribution in [0.4, 0.5) is 18.9 Å². The Morgan fingerprint density at radius 3 is 2.50 bits per heavy atom. The molecule has 6 nitrogen and oxygen atoms in total. The third-order valence-corrected chi connectivity index (χ3v) is 5.51. The molecule has 0 bridgehead atoms. The van der Waals surface area contributed by atoms with Crippen LogP contribution in [0.1, 0.15) is 28.8 Å². The molecule has 1 aliphatic carbocycles. The van der Waals surface area contributed by atoms with Crippen LogP contribution in [0.25, 0.3) is 0 Å². The molecule has 2 N–H and O–H groups in total. The van der Waals surface area contributed by atoms with Gasteiger partial charge in [0, 0.05) is 23.4 Å². The van der Waals surface area contributed by atoms with Gasteiger partial charge in [-0.1, -0.05) is 12.1 Å². The van der Waals surface area contributed by atoms with Gasteiger partial charge in [-0.25, -0.2) is 13.1 Å². The lowest BCUT2D eigenvalue weighted by Crippen LogP contribution is -2.26. The maximum atomic E-state index is 12.6. The van der Waals surface area contributed by atoms with Crippen molar-refractivity contribution in [2.45, 2.75) is 37.1 Å². The predicted octanol–water partition coefficient (Wildman–Crippen LogP) is 3.59. The topological polar surface area (TPSA) is 84.5 Å². The van der Waals surface area contributed by atoms with E-state index in [4.69, 9.17) is 0 Å². The number of benzene rings is 2. The first-order valence-corrected chi connectivity index (χ1v) is 9.82. The number of amides is 1. The first-order valence-electron chi connectivity index (χ1n) is 8.34. The molecule has 10 heteroatoms. The Bertz CT molecular complexity index is 1000. The van der Waals surface area contributed by atoms with Crippen molar-refractivity contribution < 1.29 is 31.1 Å². The quantitative estimate of drug-likeness (QED) is 0.757. The number of nitrogens with one attached hydrogen (secondary N) is 2. The summed E-state index contributed by atoms with van der Waals surface area (Å²) in [7, 11) is -3.74. The third kappa shape index (κ3) is 5.23. The molecule has 0 saturated heterocycles. The van der Waals surface area contributed by atoms with Crippen LogP contribution in [0.5, 0.6) is 5.75 Å². The number of aryl methyl sites for hydroxylation is 1. The van der Waals surface area contributed by atoms with E-state index in [1.54, 1.807) is 6.92 Å². The molecule has 3 rings (SSSR count). The van der Waals surface area contributed by atoms with Crippen LogP contribution in [0, 0.1) is 6.92 Å². The van der Waals surface area contributed by atoms with Crippen molar-refractivity contribution >= 4 is 21.6 Å². The SMILES string of the molecule is Cc1ccc(S(=O)(=O)NC2CC2)cc1C(=O)Nc1cccc(OC(F)(F)F)c1.